The van der Waals surface area contributed by atoms with Gasteiger partial charge >= 0.3 is 6.03 Å². The van der Waals surface area contributed by atoms with Crippen molar-refractivity contribution >= 4 is 34.1 Å². The van der Waals surface area contributed by atoms with Gasteiger partial charge in [0.2, 0.25) is 0 Å². The number of benzene rings is 4. The average molecular weight is 427 g/mol. The van der Waals surface area contributed by atoms with Crippen LogP contribution in [0.25, 0.3) is 10.8 Å². The average Bonchev–Trinajstić information content (AvgIpc) is 2.82. The van der Waals surface area contributed by atoms with Crippen LogP contribution in [0.4, 0.5) is 20.6 Å². The topological polar surface area (TPSA) is 61.4 Å². The van der Waals surface area contributed by atoms with Gasteiger partial charge in [-0.3, -0.25) is 9.69 Å². The number of hydrogen-bond donors (Lipinski definition) is 2. The zero-order chi connectivity index (χ0) is 22.3. The molecule has 4 aromatic rings. The summed E-state index contributed by atoms with van der Waals surface area (Å²) in [6.07, 6.45) is 0. The van der Waals surface area contributed by atoms with Crippen LogP contribution < -0.4 is 15.5 Å². The highest BCUT2D eigenvalue weighted by atomic mass is 19.1. The molecule has 160 valence electrons. The van der Waals surface area contributed by atoms with E-state index in [4.69, 9.17) is 0 Å². The van der Waals surface area contributed by atoms with Crippen molar-refractivity contribution in [3.05, 3.63) is 108 Å². The molecule has 0 aliphatic rings. The molecule has 4 rings (SSSR count). The van der Waals surface area contributed by atoms with Crippen LogP contribution in [0.5, 0.6) is 0 Å². The van der Waals surface area contributed by atoms with Crippen molar-refractivity contribution in [1.29, 1.82) is 0 Å². The normalized spacial score (nSPS) is 10.5. The third kappa shape index (κ3) is 4.92. The zero-order valence-electron chi connectivity index (χ0n) is 17.3. The largest absolute Gasteiger partial charge is 0.350 e. The van der Waals surface area contributed by atoms with E-state index >= 15 is 0 Å². The summed E-state index contributed by atoms with van der Waals surface area (Å²) in [5, 5.41) is 7.56. The van der Waals surface area contributed by atoms with Crippen molar-refractivity contribution in [1.82, 2.24) is 5.32 Å². The second-order valence-electron chi connectivity index (χ2n) is 7.21. The van der Waals surface area contributed by atoms with Gasteiger partial charge in [0.1, 0.15) is 5.82 Å². The van der Waals surface area contributed by atoms with Gasteiger partial charge in [0.15, 0.2) is 0 Å². The minimum Gasteiger partial charge on any atom is -0.350 e. The number of hydrogen-bond acceptors (Lipinski definition) is 2. The van der Waals surface area contributed by atoms with E-state index in [1.807, 2.05) is 54.6 Å². The van der Waals surface area contributed by atoms with Gasteiger partial charge < -0.3 is 10.6 Å². The lowest BCUT2D eigenvalue weighted by atomic mass is 10.0. The number of carbonyl (C=O) groups excluding carboxylic acids is 2. The van der Waals surface area contributed by atoms with Gasteiger partial charge in [0.25, 0.3) is 5.91 Å². The second-order valence-corrected chi connectivity index (χ2v) is 7.21. The van der Waals surface area contributed by atoms with E-state index in [2.05, 4.69) is 10.6 Å². The Kier molecular flexibility index (Phi) is 6.41. The van der Waals surface area contributed by atoms with Gasteiger partial charge in [-0.2, -0.15) is 0 Å². The lowest BCUT2D eigenvalue weighted by molar-refractivity contribution is 0.0956. The highest BCUT2D eigenvalue weighted by molar-refractivity contribution is 6.07. The number of carbonyl (C=O) groups is 2. The van der Waals surface area contributed by atoms with E-state index in [0.717, 1.165) is 10.8 Å². The molecule has 4 aromatic carbocycles. The van der Waals surface area contributed by atoms with Crippen molar-refractivity contribution in [3.8, 4) is 0 Å². The third-order valence-corrected chi connectivity index (χ3v) is 5.06. The zero-order valence-corrected chi connectivity index (χ0v) is 17.3. The molecule has 0 aliphatic heterocycles. The molecule has 0 saturated heterocycles. The van der Waals surface area contributed by atoms with Crippen LogP contribution >= 0.6 is 0 Å². The minimum atomic E-state index is -0.388. The Hall–Kier alpha value is -4.19. The number of nitrogens with zero attached hydrogens (tertiary/aromatic N) is 1. The Morgan fingerprint density at radius 1 is 0.781 bits per heavy atom. The monoisotopic (exact) mass is 427 g/mol. The molecule has 0 saturated carbocycles. The summed E-state index contributed by atoms with van der Waals surface area (Å²) >= 11 is 0. The number of amides is 3. The Balaban J connectivity index is 1.47. The lowest BCUT2D eigenvalue weighted by Gasteiger charge is -2.23. The molecule has 6 heteroatoms. The fourth-order valence-electron chi connectivity index (χ4n) is 3.48. The molecular weight excluding hydrogens is 405 g/mol. The van der Waals surface area contributed by atoms with E-state index in [9.17, 15) is 14.0 Å². The van der Waals surface area contributed by atoms with Crippen molar-refractivity contribution < 1.29 is 14.0 Å². The van der Waals surface area contributed by atoms with Crippen LogP contribution in [0.3, 0.4) is 0 Å². The molecule has 0 unspecified atom stereocenters. The Bertz CT molecular complexity index is 1220. The maximum atomic E-state index is 13.4. The fourth-order valence-corrected chi connectivity index (χ4v) is 3.48. The molecule has 0 fully saturated rings. The summed E-state index contributed by atoms with van der Waals surface area (Å²) in [5.41, 5.74) is 1.74. The van der Waals surface area contributed by atoms with Crippen LogP contribution in [0.15, 0.2) is 97.1 Å². The molecule has 3 amide bonds. The minimum absolute atomic E-state index is 0.209. The number of para-hydroxylation sites is 1. The Morgan fingerprint density at radius 2 is 1.47 bits per heavy atom. The molecule has 0 aliphatic carbocycles. The number of urea groups is 1. The van der Waals surface area contributed by atoms with Crippen molar-refractivity contribution in [2.75, 3.05) is 23.3 Å². The molecule has 5 nitrogen and oxygen atoms in total. The van der Waals surface area contributed by atoms with Crippen LogP contribution in [0.1, 0.15) is 10.4 Å². The van der Waals surface area contributed by atoms with Crippen molar-refractivity contribution in [2.45, 2.75) is 0 Å². The second kappa shape index (κ2) is 9.75. The first kappa shape index (κ1) is 21.1. The fraction of sp³-hybridized carbons (Fsp3) is 0.0769. The predicted octanol–water partition coefficient (Wildman–Crippen LogP) is 5.45. The smallest absolute Gasteiger partial charge is 0.326 e. The highest BCUT2D eigenvalue weighted by Gasteiger charge is 2.17. The molecule has 0 spiro atoms. The van der Waals surface area contributed by atoms with Gasteiger partial charge in [-0.1, -0.05) is 54.6 Å². The summed E-state index contributed by atoms with van der Waals surface area (Å²) in [7, 11) is 0. The number of anilines is 2. The standard InChI is InChI=1S/C26H22FN3O2/c27-20-13-15-22(16-14-20)30(26(32)29-21-9-2-1-3-10-21)18-17-28-25(31)24-12-6-8-19-7-4-5-11-23(19)24/h1-16H,17-18H2,(H,28,31)(H,29,32). The SMILES string of the molecule is O=C(NCCN(C(=O)Nc1ccccc1)c1ccc(F)cc1)c1cccc2ccccc12. The van der Waals surface area contributed by atoms with Crippen LogP contribution in [0, 0.1) is 5.82 Å². The summed E-state index contributed by atoms with van der Waals surface area (Å²) in [6, 6.07) is 27.6. The maximum absolute atomic E-state index is 13.4. The van der Waals surface area contributed by atoms with Crippen molar-refractivity contribution in [2.24, 2.45) is 0 Å². The number of halogens is 1. The lowest BCUT2D eigenvalue weighted by Crippen LogP contribution is -2.41. The van der Waals surface area contributed by atoms with E-state index in [1.165, 1.54) is 29.2 Å². The van der Waals surface area contributed by atoms with Gasteiger partial charge in [-0.05, 0) is 53.2 Å². The van der Waals surface area contributed by atoms with Gasteiger partial charge in [0, 0.05) is 30.0 Å². The number of nitrogens with one attached hydrogen (secondary N) is 2. The molecule has 32 heavy (non-hydrogen) atoms. The van der Waals surface area contributed by atoms with E-state index < -0.39 is 0 Å². The summed E-state index contributed by atoms with van der Waals surface area (Å²) in [4.78, 5) is 27.2. The van der Waals surface area contributed by atoms with Crippen LogP contribution in [-0.4, -0.2) is 25.0 Å². The Labute approximate surface area is 185 Å². The summed E-state index contributed by atoms with van der Waals surface area (Å²) in [5.74, 6) is -0.606. The number of fused-ring (bicyclic) bond motifs is 1. The summed E-state index contributed by atoms with van der Waals surface area (Å²) < 4.78 is 13.4. The molecular formula is C26H22FN3O2. The van der Waals surface area contributed by atoms with Gasteiger partial charge in [-0.25, -0.2) is 9.18 Å². The molecule has 0 heterocycles. The maximum Gasteiger partial charge on any atom is 0.326 e. The van der Waals surface area contributed by atoms with Crippen LogP contribution in [0.2, 0.25) is 0 Å². The third-order valence-electron chi connectivity index (χ3n) is 5.06. The predicted molar refractivity (Wildman–Crippen MR) is 125 cm³/mol. The van der Waals surface area contributed by atoms with Gasteiger partial charge in [0.05, 0.1) is 0 Å². The molecule has 0 radical (unpaired) electrons. The molecule has 2 N–H and O–H groups in total. The first-order valence-electron chi connectivity index (χ1n) is 10.3. The van der Waals surface area contributed by atoms with E-state index in [-0.39, 0.29) is 30.8 Å². The molecule has 0 atom stereocenters. The number of rotatable bonds is 6. The van der Waals surface area contributed by atoms with Crippen molar-refractivity contribution in [3.63, 3.8) is 0 Å². The highest BCUT2D eigenvalue weighted by Crippen LogP contribution is 2.19. The van der Waals surface area contributed by atoms with Gasteiger partial charge in [-0.15, -0.1) is 0 Å². The van der Waals surface area contributed by atoms with E-state index in [0.29, 0.717) is 16.9 Å². The first-order chi connectivity index (χ1) is 15.6. The van der Waals surface area contributed by atoms with E-state index in [1.54, 1.807) is 18.2 Å². The van der Waals surface area contributed by atoms with Crippen LogP contribution in [-0.2, 0) is 0 Å². The molecule has 0 bridgehead atoms. The first-order valence-corrected chi connectivity index (χ1v) is 10.3. The molecule has 0 aromatic heterocycles. The quantitative estimate of drug-likeness (QED) is 0.430. The Morgan fingerprint density at radius 3 is 2.25 bits per heavy atom. The summed E-state index contributed by atoms with van der Waals surface area (Å²) in [6.45, 7) is 0.433.